The van der Waals surface area contributed by atoms with Gasteiger partial charge in [0.2, 0.25) is 5.91 Å². The Bertz CT molecular complexity index is 1200. The lowest BCUT2D eigenvalue weighted by Crippen LogP contribution is -2.22. The number of hydrogen-bond acceptors (Lipinski definition) is 4. The number of nitrogens with zero attached hydrogens (tertiary/aromatic N) is 1. The van der Waals surface area contributed by atoms with Crippen LogP contribution in [0.5, 0.6) is 0 Å². The number of carbonyl (C=O) groups excluding carboxylic acids is 1. The molecule has 32 heavy (non-hydrogen) atoms. The molecule has 0 aliphatic rings. The molecule has 0 bridgehead atoms. The smallest absolute Gasteiger partial charge is 0.262 e. The third kappa shape index (κ3) is 6.33. The number of fused-ring (bicyclic) bond motifs is 1. The van der Waals surface area contributed by atoms with Gasteiger partial charge in [0.05, 0.1) is 10.9 Å². The van der Waals surface area contributed by atoms with E-state index in [0.717, 1.165) is 42.5 Å². The van der Waals surface area contributed by atoms with Crippen LogP contribution in [0.4, 0.5) is 5.69 Å². The van der Waals surface area contributed by atoms with E-state index in [-0.39, 0.29) is 11.5 Å². The molecule has 0 saturated carbocycles. The summed E-state index contributed by atoms with van der Waals surface area (Å²) in [4.78, 5) is 29.4. The molecule has 3 rings (SSSR count). The molecule has 0 aliphatic carbocycles. The van der Waals surface area contributed by atoms with Crippen molar-refractivity contribution in [2.75, 3.05) is 5.32 Å². The number of benzene rings is 2. The molecule has 0 aliphatic heterocycles. The second-order valence-electron chi connectivity index (χ2n) is 8.10. The van der Waals surface area contributed by atoms with Gasteiger partial charge in [0.25, 0.3) is 5.56 Å². The number of anilines is 1. The summed E-state index contributed by atoms with van der Waals surface area (Å²) >= 11 is 7.21. The van der Waals surface area contributed by atoms with Crippen molar-refractivity contribution in [3.63, 3.8) is 0 Å². The molecule has 1 unspecified atom stereocenters. The second-order valence-corrected chi connectivity index (χ2v) is 10.0. The molecule has 0 saturated heterocycles. The van der Waals surface area contributed by atoms with Crippen LogP contribution >= 0.6 is 24.0 Å². The van der Waals surface area contributed by atoms with E-state index >= 15 is 0 Å². The largest absolute Gasteiger partial charge is 0.332 e. The number of para-hydroxylation sites is 1. The van der Waals surface area contributed by atoms with Crippen LogP contribution in [0, 0.1) is 11.7 Å². The van der Waals surface area contributed by atoms with Gasteiger partial charge < -0.3 is 10.3 Å². The normalized spacial score (nSPS) is 12.1. The first-order valence-corrected chi connectivity index (χ1v) is 12.5. The summed E-state index contributed by atoms with van der Waals surface area (Å²) in [6.45, 7) is 6.99. The summed E-state index contributed by atoms with van der Waals surface area (Å²) in [5.41, 5.74) is 2.65. The summed E-state index contributed by atoms with van der Waals surface area (Å²) in [6, 6.07) is 13.6. The molecule has 170 valence electrons. The Labute approximate surface area is 198 Å². The fraction of sp³-hybridized carbons (Fsp3) is 0.400. The standard InChI is InChI=1S/C25H31N3O2S2/c1-4-18(3)32-19-13-14-21(17(2)16-19)26-23(29)12-6-5-9-15-28-24(30)20-10-7-8-11-22(20)27-25(28)31/h7-8,10-11,13-14,16,18H,4-6,9,12,15H2,1-3H3,(H,26,29)(H,27,31). The highest BCUT2D eigenvalue weighted by Gasteiger charge is 2.08. The van der Waals surface area contributed by atoms with E-state index < -0.39 is 0 Å². The Morgan fingerprint density at radius 2 is 1.97 bits per heavy atom. The molecule has 2 aromatic carbocycles. The SMILES string of the molecule is CCC(C)Sc1ccc(NC(=O)CCCCCn2c(=S)[nH]c3ccccc3c2=O)c(C)c1. The number of rotatable bonds is 10. The Balaban J connectivity index is 1.46. The fourth-order valence-electron chi connectivity index (χ4n) is 3.51. The Morgan fingerprint density at radius 1 is 1.19 bits per heavy atom. The first-order chi connectivity index (χ1) is 15.4. The van der Waals surface area contributed by atoms with Gasteiger partial charge in [0.15, 0.2) is 4.77 Å². The summed E-state index contributed by atoms with van der Waals surface area (Å²) in [5, 5.41) is 4.25. The maximum absolute atomic E-state index is 12.7. The van der Waals surface area contributed by atoms with Gasteiger partial charge in [-0.25, -0.2) is 0 Å². The predicted molar refractivity (Wildman–Crippen MR) is 137 cm³/mol. The van der Waals surface area contributed by atoms with Gasteiger partial charge >= 0.3 is 0 Å². The van der Waals surface area contributed by atoms with Gasteiger partial charge in [-0.3, -0.25) is 14.2 Å². The lowest BCUT2D eigenvalue weighted by molar-refractivity contribution is -0.116. The lowest BCUT2D eigenvalue weighted by atomic mass is 10.1. The van der Waals surface area contributed by atoms with Crippen LogP contribution in [-0.2, 0) is 11.3 Å². The van der Waals surface area contributed by atoms with Crippen LogP contribution in [-0.4, -0.2) is 20.7 Å². The van der Waals surface area contributed by atoms with Crippen LogP contribution in [0.15, 0.2) is 52.2 Å². The molecule has 1 amide bonds. The third-order valence-corrected chi connectivity index (χ3v) is 7.14. The zero-order valence-electron chi connectivity index (χ0n) is 18.9. The van der Waals surface area contributed by atoms with E-state index in [2.05, 4.69) is 36.3 Å². The molecule has 1 atom stereocenters. The van der Waals surface area contributed by atoms with Crippen molar-refractivity contribution in [3.8, 4) is 0 Å². The van der Waals surface area contributed by atoms with Gasteiger partial charge in [-0.2, -0.15) is 0 Å². The number of nitrogens with one attached hydrogen (secondary N) is 2. The molecular weight excluding hydrogens is 438 g/mol. The monoisotopic (exact) mass is 469 g/mol. The number of unbranched alkanes of at least 4 members (excludes halogenated alkanes) is 2. The van der Waals surface area contributed by atoms with Gasteiger partial charge in [0, 0.05) is 28.8 Å². The Hall–Kier alpha value is -2.38. The van der Waals surface area contributed by atoms with E-state index in [1.54, 1.807) is 10.6 Å². The average Bonchev–Trinajstić information content (AvgIpc) is 2.77. The van der Waals surface area contributed by atoms with Crippen LogP contribution < -0.4 is 10.9 Å². The zero-order valence-corrected chi connectivity index (χ0v) is 20.6. The van der Waals surface area contributed by atoms with Crippen molar-refractivity contribution in [2.24, 2.45) is 0 Å². The molecule has 1 aromatic heterocycles. The van der Waals surface area contributed by atoms with Crippen LogP contribution in [0.2, 0.25) is 0 Å². The molecule has 7 heteroatoms. The van der Waals surface area contributed by atoms with Gasteiger partial charge in [-0.05, 0) is 74.3 Å². The number of aromatic amines is 1. The first kappa shape index (κ1) is 24.3. The minimum absolute atomic E-state index is 0.0237. The predicted octanol–water partition coefficient (Wildman–Crippen LogP) is 6.46. The topological polar surface area (TPSA) is 66.9 Å². The molecule has 0 spiro atoms. The van der Waals surface area contributed by atoms with E-state index in [9.17, 15) is 9.59 Å². The number of H-pyrrole nitrogens is 1. The average molecular weight is 470 g/mol. The van der Waals surface area contributed by atoms with Gasteiger partial charge in [0.1, 0.15) is 0 Å². The van der Waals surface area contributed by atoms with Crippen molar-refractivity contribution in [1.29, 1.82) is 0 Å². The number of aromatic nitrogens is 2. The molecule has 1 heterocycles. The van der Waals surface area contributed by atoms with Crippen molar-refractivity contribution < 1.29 is 4.79 Å². The van der Waals surface area contributed by atoms with E-state index in [0.29, 0.717) is 28.4 Å². The summed E-state index contributed by atoms with van der Waals surface area (Å²) in [6.07, 6.45) is 4.01. The van der Waals surface area contributed by atoms with Gasteiger partial charge in [-0.15, -0.1) is 11.8 Å². The van der Waals surface area contributed by atoms with Gasteiger partial charge in [-0.1, -0.05) is 32.4 Å². The summed E-state index contributed by atoms with van der Waals surface area (Å²) < 4.78 is 2.05. The summed E-state index contributed by atoms with van der Waals surface area (Å²) in [5.74, 6) is 0.0237. The Kier molecular flexibility index (Phi) is 8.70. The maximum Gasteiger partial charge on any atom is 0.262 e. The maximum atomic E-state index is 12.7. The minimum atomic E-state index is -0.0625. The highest BCUT2D eigenvalue weighted by molar-refractivity contribution is 7.99. The van der Waals surface area contributed by atoms with E-state index in [4.69, 9.17) is 12.2 Å². The second kappa shape index (κ2) is 11.5. The molecule has 2 N–H and O–H groups in total. The quantitative estimate of drug-likeness (QED) is 0.203. The van der Waals surface area contributed by atoms with E-state index in [1.165, 1.54) is 4.90 Å². The van der Waals surface area contributed by atoms with E-state index in [1.807, 2.05) is 43.0 Å². The van der Waals surface area contributed by atoms with Crippen molar-refractivity contribution in [3.05, 3.63) is 63.2 Å². The van der Waals surface area contributed by atoms with Crippen LogP contribution in [0.3, 0.4) is 0 Å². The number of aryl methyl sites for hydroxylation is 1. The molecular formula is C25H31N3O2S2. The van der Waals surface area contributed by atoms with Crippen LogP contribution in [0.25, 0.3) is 10.9 Å². The first-order valence-electron chi connectivity index (χ1n) is 11.2. The van der Waals surface area contributed by atoms with Crippen molar-refractivity contribution in [1.82, 2.24) is 9.55 Å². The minimum Gasteiger partial charge on any atom is -0.332 e. The number of hydrogen-bond donors (Lipinski definition) is 2. The van der Waals surface area contributed by atoms with Crippen molar-refractivity contribution in [2.45, 2.75) is 69.6 Å². The van der Waals surface area contributed by atoms with Crippen LogP contribution in [0.1, 0.15) is 51.5 Å². The molecule has 0 fully saturated rings. The fourth-order valence-corrected chi connectivity index (χ4v) is 4.82. The molecule has 0 radical (unpaired) electrons. The summed E-state index contributed by atoms with van der Waals surface area (Å²) in [7, 11) is 0. The number of carbonyl (C=O) groups is 1. The number of thioether (sulfide) groups is 1. The number of amides is 1. The Morgan fingerprint density at radius 3 is 2.72 bits per heavy atom. The molecule has 5 nitrogen and oxygen atoms in total. The van der Waals surface area contributed by atoms with Crippen molar-refractivity contribution >= 4 is 46.5 Å². The highest BCUT2D eigenvalue weighted by Crippen LogP contribution is 2.28. The lowest BCUT2D eigenvalue weighted by Gasteiger charge is -2.12. The molecule has 3 aromatic rings. The zero-order chi connectivity index (χ0) is 23.1. The highest BCUT2D eigenvalue weighted by atomic mass is 32.2. The third-order valence-electron chi connectivity index (χ3n) is 5.56.